The first-order valence-electron chi connectivity index (χ1n) is 11.5. The molecule has 0 radical (unpaired) electrons. The molecule has 4 aromatic rings. The highest BCUT2D eigenvalue weighted by atomic mass is 16.6. The quantitative estimate of drug-likeness (QED) is 0.380. The molecule has 2 amide bonds. The van der Waals surface area contributed by atoms with Gasteiger partial charge in [0.2, 0.25) is 5.91 Å². The molecule has 1 aromatic carbocycles. The minimum atomic E-state index is -1.00. The summed E-state index contributed by atoms with van der Waals surface area (Å²) < 4.78 is 5.32. The number of fused-ring (bicyclic) bond motifs is 1. The maximum absolute atomic E-state index is 13.7. The highest BCUT2D eigenvalue weighted by Crippen LogP contribution is 2.37. The fraction of sp³-hybridized carbons (Fsp3) is 0.348. The molecule has 0 unspecified atom stereocenters. The predicted octanol–water partition coefficient (Wildman–Crippen LogP) is 2.02. The molecule has 3 N–H and O–H groups in total. The normalized spacial score (nSPS) is 15.0. The Kier molecular flexibility index (Phi) is 5.96. The van der Waals surface area contributed by atoms with Gasteiger partial charge in [0.15, 0.2) is 5.82 Å². The van der Waals surface area contributed by atoms with Gasteiger partial charge >= 0.3 is 6.09 Å². The Bertz CT molecular complexity index is 1390. The first-order valence-corrected chi connectivity index (χ1v) is 11.5. The maximum Gasteiger partial charge on any atom is 0.414 e. The highest BCUT2D eigenvalue weighted by Gasteiger charge is 2.47. The minimum Gasteiger partial charge on any atom is -0.410 e. The molecular formula is C23H26N10O3. The second-order valence-corrected chi connectivity index (χ2v) is 8.94. The number of hydrogen-bond acceptors (Lipinski definition) is 9. The number of hydrogen-bond donors (Lipinski definition) is 3. The van der Waals surface area contributed by atoms with Crippen LogP contribution in [0.4, 0.5) is 16.3 Å². The molecule has 36 heavy (non-hydrogen) atoms. The van der Waals surface area contributed by atoms with Crippen LogP contribution in [0.25, 0.3) is 11.0 Å². The standard InChI is InChI=1S/C23H26N10O3/c1-14-12-24-18-17(14)19(26-13-25-18)33-9-7-23(8-10-33,20-28-30-31-29-20)21(34)27-15-5-4-6-16(11-15)36-22(35)32(2)3/h4-6,11-13H,7-10H2,1-3H3,(H,27,34)(H,24,25,26)(H,28,29,30,31). The van der Waals surface area contributed by atoms with E-state index in [0.29, 0.717) is 43.2 Å². The van der Waals surface area contributed by atoms with Crippen LogP contribution in [0.3, 0.4) is 0 Å². The van der Waals surface area contributed by atoms with Crippen LogP contribution >= 0.6 is 0 Å². The van der Waals surface area contributed by atoms with Gasteiger partial charge in [-0.15, -0.1) is 10.2 Å². The van der Waals surface area contributed by atoms with Gasteiger partial charge in [-0.1, -0.05) is 11.3 Å². The van der Waals surface area contributed by atoms with Crippen molar-refractivity contribution in [2.45, 2.75) is 25.2 Å². The number of ether oxygens (including phenoxy) is 1. The zero-order chi connectivity index (χ0) is 25.3. The van der Waals surface area contributed by atoms with Crippen molar-refractivity contribution in [3.8, 4) is 5.75 Å². The van der Waals surface area contributed by atoms with Crippen LogP contribution in [0.5, 0.6) is 5.75 Å². The van der Waals surface area contributed by atoms with Crippen molar-refractivity contribution in [1.29, 1.82) is 0 Å². The van der Waals surface area contributed by atoms with E-state index >= 15 is 0 Å². The van der Waals surface area contributed by atoms with E-state index in [2.05, 4.69) is 45.8 Å². The van der Waals surface area contributed by atoms with Crippen molar-refractivity contribution < 1.29 is 14.3 Å². The summed E-state index contributed by atoms with van der Waals surface area (Å²) in [5.41, 5.74) is 1.33. The van der Waals surface area contributed by atoms with E-state index in [-0.39, 0.29) is 5.91 Å². The van der Waals surface area contributed by atoms with E-state index in [1.54, 1.807) is 38.4 Å². The Balaban J connectivity index is 1.38. The SMILES string of the molecule is Cc1c[nH]c2ncnc(N3CCC(C(=O)Nc4cccc(OC(=O)N(C)C)c4)(c4nn[nH]n4)CC3)c12. The Morgan fingerprint density at radius 2 is 2.00 bits per heavy atom. The number of aromatic amines is 2. The molecule has 0 aliphatic carbocycles. The van der Waals surface area contributed by atoms with Crippen LogP contribution in [-0.2, 0) is 10.2 Å². The average Bonchev–Trinajstić information content (AvgIpc) is 3.55. The number of carbonyl (C=O) groups excluding carboxylic acids is 2. The van der Waals surface area contributed by atoms with Gasteiger partial charge < -0.3 is 24.8 Å². The molecule has 1 aliphatic rings. The zero-order valence-electron chi connectivity index (χ0n) is 20.1. The maximum atomic E-state index is 13.7. The number of amides is 2. The molecule has 0 saturated carbocycles. The van der Waals surface area contributed by atoms with Crippen LogP contribution in [0.15, 0.2) is 36.8 Å². The number of H-pyrrole nitrogens is 2. The van der Waals surface area contributed by atoms with E-state index in [9.17, 15) is 9.59 Å². The van der Waals surface area contributed by atoms with Gasteiger partial charge in [0.1, 0.15) is 29.0 Å². The largest absolute Gasteiger partial charge is 0.414 e. The number of aromatic nitrogens is 7. The molecule has 186 valence electrons. The lowest BCUT2D eigenvalue weighted by atomic mass is 9.76. The number of tetrazole rings is 1. The van der Waals surface area contributed by atoms with Crippen molar-refractivity contribution >= 4 is 34.5 Å². The minimum absolute atomic E-state index is 0.259. The van der Waals surface area contributed by atoms with Crippen molar-refractivity contribution in [1.82, 2.24) is 40.5 Å². The fourth-order valence-electron chi connectivity index (χ4n) is 4.43. The molecule has 13 nitrogen and oxygen atoms in total. The Morgan fingerprint density at radius 1 is 1.19 bits per heavy atom. The first-order chi connectivity index (χ1) is 17.4. The number of carbonyl (C=O) groups is 2. The fourth-order valence-corrected chi connectivity index (χ4v) is 4.43. The Labute approximate surface area is 206 Å². The predicted molar refractivity (Wildman–Crippen MR) is 131 cm³/mol. The van der Waals surface area contributed by atoms with Gasteiger partial charge in [0.05, 0.1) is 5.39 Å². The molecule has 5 rings (SSSR count). The highest BCUT2D eigenvalue weighted by molar-refractivity contribution is 5.99. The lowest BCUT2D eigenvalue weighted by Crippen LogP contribution is -2.50. The number of aryl methyl sites for hydroxylation is 1. The van der Waals surface area contributed by atoms with E-state index in [1.807, 2.05) is 13.1 Å². The average molecular weight is 491 g/mol. The van der Waals surface area contributed by atoms with Crippen LogP contribution in [0.2, 0.25) is 0 Å². The number of benzene rings is 1. The molecular weight excluding hydrogens is 464 g/mol. The smallest absolute Gasteiger partial charge is 0.410 e. The van der Waals surface area contributed by atoms with Crippen molar-refractivity contribution in [3.63, 3.8) is 0 Å². The number of anilines is 2. The summed E-state index contributed by atoms with van der Waals surface area (Å²) in [4.78, 5) is 41.1. The lowest BCUT2D eigenvalue weighted by Gasteiger charge is -2.39. The van der Waals surface area contributed by atoms with Gasteiger partial charge in [-0.05, 0) is 37.5 Å². The second-order valence-electron chi connectivity index (χ2n) is 8.94. The number of rotatable bonds is 5. The van der Waals surface area contributed by atoms with Crippen LogP contribution in [0.1, 0.15) is 24.2 Å². The number of piperidine rings is 1. The summed E-state index contributed by atoms with van der Waals surface area (Å²) in [5.74, 6) is 1.23. The van der Waals surface area contributed by atoms with Gasteiger partial charge in [0.25, 0.3) is 0 Å². The third kappa shape index (κ3) is 4.19. The third-order valence-corrected chi connectivity index (χ3v) is 6.43. The molecule has 0 atom stereocenters. The molecule has 1 aliphatic heterocycles. The summed E-state index contributed by atoms with van der Waals surface area (Å²) >= 11 is 0. The summed E-state index contributed by atoms with van der Waals surface area (Å²) in [6.45, 7) is 3.12. The first kappa shape index (κ1) is 23.2. The molecule has 0 bridgehead atoms. The van der Waals surface area contributed by atoms with E-state index in [0.717, 1.165) is 22.4 Å². The topological polar surface area (TPSA) is 158 Å². The van der Waals surface area contributed by atoms with Crippen LogP contribution < -0.4 is 15.0 Å². The van der Waals surface area contributed by atoms with Crippen molar-refractivity contribution in [3.05, 3.63) is 48.2 Å². The molecule has 0 spiro atoms. The molecule has 3 aromatic heterocycles. The van der Waals surface area contributed by atoms with Gasteiger partial charge in [-0.25, -0.2) is 14.8 Å². The van der Waals surface area contributed by atoms with E-state index in [1.165, 1.54) is 11.2 Å². The van der Waals surface area contributed by atoms with E-state index < -0.39 is 11.5 Å². The monoisotopic (exact) mass is 490 g/mol. The zero-order valence-corrected chi connectivity index (χ0v) is 20.1. The number of nitrogens with zero attached hydrogens (tertiary/aromatic N) is 7. The molecule has 4 heterocycles. The summed E-state index contributed by atoms with van der Waals surface area (Å²) in [6.07, 6.45) is 3.84. The lowest BCUT2D eigenvalue weighted by molar-refractivity contribution is -0.122. The van der Waals surface area contributed by atoms with E-state index in [4.69, 9.17) is 4.74 Å². The third-order valence-electron chi connectivity index (χ3n) is 6.43. The van der Waals surface area contributed by atoms with Gasteiger partial charge in [-0.3, -0.25) is 4.79 Å². The molecule has 13 heteroatoms. The van der Waals surface area contributed by atoms with Crippen LogP contribution in [0, 0.1) is 6.92 Å². The summed E-state index contributed by atoms with van der Waals surface area (Å²) in [6, 6.07) is 6.69. The second kappa shape index (κ2) is 9.24. The van der Waals surface area contributed by atoms with Gasteiger partial charge in [-0.2, -0.15) is 5.21 Å². The molecule has 1 saturated heterocycles. The molecule has 1 fully saturated rings. The summed E-state index contributed by atoms with van der Waals surface area (Å²) in [5, 5.41) is 18.4. The Hall–Kier alpha value is -4.55. The van der Waals surface area contributed by atoms with Crippen LogP contribution in [-0.4, -0.2) is 79.7 Å². The van der Waals surface area contributed by atoms with Gasteiger partial charge in [0, 0.05) is 45.1 Å². The van der Waals surface area contributed by atoms with Crippen molar-refractivity contribution in [2.75, 3.05) is 37.4 Å². The van der Waals surface area contributed by atoms with Crippen molar-refractivity contribution in [2.24, 2.45) is 0 Å². The Morgan fingerprint density at radius 3 is 2.72 bits per heavy atom. The number of nitrogens with one attached hydrogen (secondary N) is 3. The summed E-state index contributed by atoms with van der Waals surface area (Å²) in [7, 11) is 3.19.